The molecule has 10 heteroatoms. The van der Waals surface area contributed by atoms with E-state index in [4.69, 9.17) is 23.1 Å². The molecule has 7 atom stereocenters. The van der Waals surface area contributed by atoms with Crippen LogP contribution in [-0.2, 0) is 37.4 Å². The second kappa shape index (κ2) is 10.6. The zero-order valence-electron chi connectivity index (χ0n) is 24.5. The number of ether oxygens (including phenoxy) is 3. The van der Waals surface area contributed by atoms with E-state index in [-0.39, 0.29) is 22.6 Å². The zero-order valence-corrected chi connectivity index (χ0v) is 26.5. The van der Waals surface area contributed by atoms with Gasteiger partial charge in [-0.3, -0.25) is 14.4 Å². The summed E-state index contributed by atoms with van der Waals surface area (Å²) in [5, 5.41) is -0.123. The lowest BCUT2D eigenvalue weighted by atomic mass is 9.78. The van der Waals surface area contributed by atoms with Crippen molar-refractivity contribution in [3.8, 4) is 0 Å². The first kappa shape index (κ1) is 31.1. The first-order valence-electron chi connectivity index (χ1n) is 13.0. The molecule has 0 spiro atoms. The second-order valence-electron chi connectivity index (χ2n) is 13.5. The molecular formula is C26H48O8Si2. The molecule has 208 valence electrons. The number of cyclic esters (lactones) is 2. The molecule has 2 fully saturated rings. The van der Waals surface area contributed by atoms with Gasteiger partial charge in [0, 0.05) is 12.8 Å². The first-order chi connectivity index (χ1) is 16.1. The van der Waals surface area contributed by atoms with Crippen LogP contribution in [0.3, 0.4) is 0 Å². The molecule has 0 aliphatic carbocycles. The van der Waals surface area contributed by atoms with Gasteiger partial charge in [0.05, 0.1) is 30.7 Å². The van der Waals surface area contributed by atoms with E-state index >= 15 is 0 Å². The van der Waals surface area contributed by atoms with Crippen LogP contribution in [0.25, 0.3) is 0 Å². The van der Waals surface area contributed by atoms with Crippen LogP contribution in [0.1, 0.15) is 62.3 Å². The summed E-state index contributed by atoms with van der Waals surface area (Å²) in [5.74, 6) is -3.28. The van der Waals surface area contributed by atoms with Crippen LogP contribution in [0, 0.1) is 17.8 Å². The van der Waals surface area contributed by atoms with Crippen LogP contribution < -0.4 is 0 Å². The van der Waals surface area contributed by atoms with E-state index in [1.54, 1.807) is 6.92 Å². The Bertz CT molecular complexity index is 842. The molecule has 2 rings (SSSR count). The Labute approximate surface area is 219 Å². The van der Waals surface area contributed by atoms with Crippen LogP contribution in [0.2, 0.25) is 36.3 Å². The minimum atomic E-state index is -2.32. The predicted octanol–water partition coefficient (Wildman–Crippen LogP) is 5.07. The fourth-order valence-electron chi connectivity index (χ4n) is 4.21. The highest BCUT2D eigenvalue weighted by molar-refractivity contribution is 6.74. The van der Waals surface area contributed by atoms with E-state index in [9.17, 15) is 14.4 Å². The largest absolute Gasteiger partial charge is 0.457 e. The summed E-state index contributed by atoms with van der Waals surface area (Å²) in [7, 11) is -4.49. The van der Waals surface area contributed by atoms with Gasteiger partial charge in [0.15, 0.2) is 22.7 Å². The standard InChI is InChI=1S/C26H48O8Si2/c1-15-19(24(29)33-23(15)28)20-16(2)21(34-36(12,13)26(7,8)9)22(31-17(3)27)18(32-20)14-30-35(10,11)25(4,5)6/h15-16,18-22H,14H2,1-13H3. The molecule has 0 N–H and O–H groups in total. The normalized spacial score (nSPS) is 32.4. The lowest BCUT2D eigenvalue weighted by Gasteiger charge is -2.51. The Hall–Kier alpha value is -1.08. The molecule has 0 aromatic carbocycles. The van der Waals surface area contributed by atoms with Crippen LogP contribution in [0.15, 0.2) is 0 Å². The summed E-state index contributed by atoms with van der Waals surface area (Å²) in [6, 6.07) is 0. The summed E-state index contributed by atoms with van der Waals surface area (Å²) in [6.07, 6.45) is -2.54. The molecule has 0 bridgehead atoms. The van der Waals surface area contributed by atoms with Crippen molar-refractivity contribution in [2.45, 2.75) is 123 Å². The Morgan fingerprint density at radius 1 is 0.889 bits per heavy atom. The van der Waals surface area contributed by atoms with Gasteiger partial charge in [-0.15, -0.1) is 0 Å². The van der Waals surface area contributed by atoms with E-state index in [0.717, 1.165) is 0 Å². The molecule has 2 heterocycles. The molecule has 0 radical (unpaired) electrons. The number of carbonyl (C=O) groups is 3. The number of hydrogen-bond acceptors (Lipinski definition) is 8. The molecule has 2 aliphatic rings. The predicted molar refractivity (Wildman–Crippen MR) is 142 cm³/mol. The van der Waals surface area contributed by atoms with E-state index in [0.29, 0.717) is 0 Å². The Balaban J connectivity index is 2.53. The average molecular weight is 545 g/mol. The number of hydrogen-bond donors (Lipinski definition) is 0. The van der Waals surface area contributed by atoms with Gasteiger partial charge in [0.1, 0.15) is 6.10 Å². The Morgan fingerprint density at radius 2 is 1.42 bits per heavy atom. The maximum Gasteiger partial charge on any atom is 0.320 e. The van der Waals surface area contributed by atoms with Crippen LogP contribution in [-0.4, -0.2) is 65.6 Å². The lowest BCUT2D eigenvalue weighted by Crippen LogP contribution is -2.63. The van der Waals surface area contributed by atoms with Crippen molar-refractivity contribution in [3.63, 3.8) is 0 Å². The Kier molecular flexibility index (Phi) is 9.16. The highest BCUT2D eigenvalue weighted by atomic mass is 28.4. The average Bonchev–Trinajstić information content (AvgIpc) is 2.93. The molecule has 0 amide bonds. The van der Waals surface area contributed by atoms with Crippen LogP contribution in [0.5, 0.6) is 0 Å². The van der Waals surface area contributed by atoms with Crippen molar-refractivity contribution in [2.75, 3.05) is 6.61 Å². The van der Waals surface area contributed by atoms with Gasteiger partial charge in [0.25, 0.3) is 0 Å². The monoisotopic (exact) mass is 544 g/mol. The van der Waals surface area contributed by atoms with Gasteiger partial charge in [-0.25, -0.2) is 0 Å². The summed E-state index contributed by atoms with van der Waals surface area (Å²) < 4.78 is 30.8. The third-order valence-corrected chi connectivity index (χ3v) is 17.7. The molecular weight excluding hydrogens is 496 g/mol. The van der Waals surface area contributed by atoms with Crippen molar-refractivity contribution in [1.82, 2.24) is 0 Å². The molecule has 2 aliphatic heterocycles. The third-order valence-electron chi connectivity index (χ3n) is 8.75. The summed E-state index contributed by atoms with van der Waals surface area (Å²) in [5.41, 5.74) is 0. The van der Waals surface area contributed by atoms with Crippen molar-refractivity contribution in [3.05, 3.63) is 0 Å². The molecule has 0 aromatic rings. The quantitative estimate of drug-likeness (QED) is 0.249. The maximum atomic E-state index is 12.7. The minimum absolute atomic E-state index is 0.0292. The van der Waals surface area contributed by atoms with Gasteiger partial charge < -0.3 is 23.1 Å². The van der Waals surface area contributed by atoms with E-state index in [2.05, 4.69) is 67.7 Å². The summed E-state index contributed by atoms with van der Waals surface area (Å²) in [4.78, 5) is 37.2. The molecule has 0 aromatic heterocycles. The lowest BCUT2D eigenvalue weighted by molar-refractivity contribution is -0.226. The molecule has 2 saturated heterocycles. The smallest absolute Gasteiger partial charge is 0.320 e. The highest BCUT2D eigenvalue weighted by Gasteiger charge is 2.57. The van der Waals surface area contributed by atoms with Crippen molar-refractivity contribution in [1.29, 1.82) is 0 Å². The van der Waals surface area contributed by atoms with Crippen LogP contribution in [0.4, 0.5) is 0 Å². The van der Waals surface area contributed by atoms with Gasteiger partial charge in [0.2, 0.25) is 0 Å². The summed E-state index contributed by atoms with van der Waals surface area (Å²) >= 11 is 0. The fourth-order valence-corrected chi connectivity index (χ4v) is 6.61. The van der Waals surface area contributed by atoms with Gasteiger partial charge in [-0.1, -0.05) is 55.4 Å². The van der Waals surface area contributed by atoms with Crippen molar-refractivity contribution in [2.24, 2.45) is 17.8 Å². The fraction of sp³-hybridized carbons (Fsp3) is 0.885. The molecule has 36 heavy (non-hydrogen) atoms. The molecule has 7 unspecified atom stereocenters. The number of carbonyl (C=O) groups excluding carboxylic acids is 3. The maximum absolute atomic E-state index is 12.7. The van der Waals surface area contributed by atoms with E-state index < -0.39 is 70.8 Å². The second-order valence-corrected chi connectivity index (χ2v) is 23.1. The van der Waals surface area contributed by atoms with Gasteiger partial charge >= 0.3 is 17.9 Å². The van der Waals surface area contributed by atoms with Gasteiger partial charge in [-0.2, -0.15) is 0 Å². The highest BCUT2D eigenvalue weighted by Crippen LogP contribution is 2.45. The SMILES string of the molecule is CC(=O)OC1C(CO[Si](C)(C)C(C)(C)C)OC(C2C(=O)OC(=O)C2C)C(C)C1O[Si](C)(C)C(C)(C)C. The molecule has 8 nitrogen and oxygen atoms in total. The van der Waals surface area contributed by atoms with Crippen molar-refractivity contribution < 1.29 is 37.4 Å². The first-order valence-corrected chi connectivity index (χ1v) is 18.8. The van der Waals surface area contributed by atoms with Crippen molar-refractivity contribution >= 4 is 34.5 Å². The number of rotatable bonds is 7. The third kappa shape index (κ3) is 6.49. The topological polar surface area (TPSA) is 97.4 Å². The zero-order chi connectivity index (χ0) is 28.0. The minimum Gasteiger partial charge on any atom is -0.457 e. The van der Waals surface area contributed by atoms with Gasteiger partial charge in [-0.05, 0) is 36.3 Å². The Morgan fingerprint density at radius 3 is 1.83 bits per heavy atom. The molecule has 0 saturated carbocycles. The van der Waals surface area contributed by atoms with E-state index in [1.165, 1.54) is 6.92 Å². The number of esters is 3. The van der Waals surface area contributed by atoms with Crippen LogP contribution >= 0.6 is 0 Å². The van der Waals surface area contributed by atoms with E-state index in [1.807, 2.05) is 6.92 Å². The summed E-state index contributed by atoms with van der Waals surface area (Å²) in [6.45, 7) is 26.7.